The van der Waals surface area contributed by atoms with Crippen molar-refractivity contribution < 1.29 is 19.0 Å². The van der Waals surface area contributed by atoms with Gasteiger partial charge in [0.25, 0.3) is 0 Å². The van der Waals surface area contributed by atoms with Crippen LogP contribution in [0.3, 0.4) is 0 Å². The summed E-state index contributed by atoms with van der Waals surface area (Å²) < 4.78 is 15.4. The molecule has 0 fully saturated rings. The fourth-order valence-corrected chi connectivity index (χ4v) is 1.40. The third-order valence-electron chi connectivity index (χ3n) is 2.66. The summed E-state index contributed by atoms with van der Waals surface area (Å²) >= 11 is 0. The largest absolute Gasteiger partial charge is 0.493 e. The van der Waals surface area contributed by atoms with Gasteiger partial charge in [0.05, 0.1) is 31.6 Å². The number of hydrogen-bond donors (Lipinski definition) is 1. The number of rotatable bonds is 5. The summed E-state index contributed by atoms with van der Waals surface area (Å²) in [6, 6.07) is 3.07. The van der Waals surface area contributed by atoms with Crippen molar-refractivity contribution in [2.24, 2.45) is 0 Å². The molecule has 1 aromatic rings. The zero-order chi connectivity index (χ0) is 13.7. The van der Waals surface area contributed by atoms with Gasteiger partial charge in [0.2, 0.25) is 0 Å². The maximum absolute atomic E-state index is 11.9. The van der Waals surface area contributed by atoms with E-state index < -0.39 is 5.97 Å². The zero-order valence-electron chi connectivity index (χ0n) is 11.1. The second-order valence-corrected chi connectivity index (χ2v) is 3.92. The Morgan fingerprint density at radius 2 is 1.83 bits per heavy atom. The van der Waals surface area contributed by atoms with Crippen LogP contribution in [0.15, 0.2) is 12.1 Å². The zero-order valence-corrected chi connectivity index (χ0v) is 11.1. The lowest BCUT2D eigenvalue weighted by atomic mass is 10.1. The second-order valence-electron chi connectivity index (χ2n) is 3.92. The summed E-state index contributed by atoms with van der Waals surface area (Å²) in [6.45, 7) is 3.77. The summed E-state index contributed by atoms with van der Waals surface area (Å²) in [5.41, 5.74) is 6.39. The summed E-state index contributed by atoms with van der Waals surface area (Å²) in [5, 5.41) is 0. The van der Waals surface area contributed by atoms with Gasteiger partial charge in [0.15, 0.2) is 11.5 Å². The molecule has 1 rings (SSSR count). The number of ether oxygens (including phenoxy) is 3. The summed E-state index contributed by atoms with van der Waals surface area (Å²) in [5.74, 6) is 0.473. The number of carbonyl (C=O) groups is 1. The lowest BCUT2D eigenvalue weighted by Gasteiger charge is -2.14. The molecule has 5 heteroatoms. The first-order chi connectivity index (χ1) is 8.53. The van der Waals surface area contributed by atoms with Gasteiger partial charge < -0.3 is 19.9 Å². The predicted molar refractivity (Wildman–Crippen MR) is 69.1 cm³/mol. The van der Waals surface area contributed by atoms with Crippen LogP contribution in [-0.4, -0.2) is 26.3 Å². The second kappa shape index (κ2) is 6.14. The van der Waals surface area contributed by atoms with Crippen molar-refractivity contribution in [2.45, 2.75) is 26.4 Å². The van der Waals surface area contributed by atoms with Crippen LogP contribution in [-0.2, 0) is 4.74 Å². The molecule has 0 unspecified atom stereocenters. The lowest BCUT2D eigenvalue weighted by molar-refractivity contribution is 0.0335. The van der Waals surface area contributed by atoms with Crippen molar-refractivity contribution in [1.29, 1.82) is 0 Å². The Balaban J connectivity index is 3.05. The van der Waals surface area contributed by atoms with Crippen LogP contribution in [0.2, 0.25) is 0 Å². The first-order valence-electron chi connectivity index (χ1n) is 5.75. The molecule has 0 heterocycles. The highest BCUT2D eigenvalue weighted by Gasteiger charge is 2.17. The monoisotopic (exact) mass is 253 g/mol. The van der Waals surface area contributed by atoms with Gasteiger partial charge in [-0.25, -0.2) is 4.79 Å². The average molecular weight is 253 g/mol. The highest BCUT2D eigenvalue weighted by molar-refractivity contribution is 5.96. The third kappa shape index (κ3) is 3.06. The molecule has 0 saturated heterocycles. The van der Waals surface area contributed by atoms with Crippen molar-refractivity contribution in [3.63, 3.8) is 0 Å². The average Bonchev–Trinajstić information content (AvgIpc) is 2.37. The molecule has 0 aliphatic heterocycles. The fourth-order valence-electron chi connectivity index (χ4n) is 1.40. The van der Waals surface area contributed by atoms with Gasteiger partial charge >= 0.3 is 5.97 Å². The molecule has 0 aliphatic rings. The first kappa shape index (κ1) is 14.2. The number of hydrogen-bond acceptors (Lipinski definition) is 5. The first-order valence-corrected chi connectivity index (χ1v) is 5.75. The van der Waals surface area contributed by atoms with Gasteiger partial charge in [-0.2, -0.15) is 0 Å². The number of nitrogens with two attached hydrogens (primary N) is 1. The van der Waals surface area contributed by atoms with E-state index >= 15 is 0 Å². The molecule has 1 aromatic carbocycles. The molecule has 5 nitrogen and oxygen atoms in total. The van der Waals surface area contributed by atoms with Gasteiger partial charge in [-0.05, 0) is 13.3 Å². The number of carbonyl (C=O) groups excluding carboxylic acids is 1. The van der Waals surface area contributed by atoms with Gasteiger partial charge in [-0.15, -0.1) is 0 Å². The summed E-state index contributed by atoms with van der Waals surface area (Å²) in [6.07, 6.45) is 0.601. The number of benzene rings is 1. The summed E-state index contributed by atoms with van der Waals surface area (Å²) in [4.78, 5) is 11.9. The topological polar surface area (TPSA) is 70.8 Å². The SMILES string of the molecule is CC[C@@H](C)OC(=O)c1cc(OC)c(OC)cc1N. The van der Waals surface area contributed by atoms with Crippen LogP contribution in [0, 0.1) is 0 Å². The van der Waals surface area contributed by atoms with E-state index in [4.69, 9.17) is 19.9 Å². The number of anilines is 1. The van der Waals surface area contributed by atoms with Crippen LogP contribution in [0.5, 0.6) is 11.5 Å². The van der Waals surface area contributed by atoms with Crippen LogP contribution < -0.4 is 15.2 Å². The van der Waals surface area contributed by atoms with E-state index in [2.05, 4.69) is 0 Å². The Morgan fingerprint density at radius 1 is 1.28 bits per heavy atom. The maximum atomic E-state index is 11.9. The lowest BCUT2D eigenvalue weighted by Crippen LogP contribution is -2.15. The molecule has 0 spiro atoms. The van der Waals surface area contributed by atoms with Crippen molar-refractivity contribution >= 4 is 11.7 Å². The molecule has 0 amide bonds. The van der Waals surface area contributed by atoms with E-state index in [1.807, 2.05) is 13.8 Å². The Hall–Kier alpha value is -1.91. The van der Waals surface area contributed by atoms with E-state index in [0.29, 0.717) is 17.2 Å². The minimum Gasteiger partial charge on any atom is -0.493 e. The van der Waals surface area contributed by atoms with E-state index in [9.17, 15) is 4.79 Å². The van der Waals surface area contributed by atoms with Crippen molar-refractivity contribution in [2.75, 3.05) is 20.0 Å². The standard InChI is InChI=1S/C13H19NO4/c1-5-8(2)18-13(15)9-6-11(16-3)12(17-4)7-10(9)14/h6-8H,5,14H2,1-4H3/t8-/m1/s1. The molecule has 0 bridgehead atoms. The van der Waals surface area contributed by atoms with Crippen LogP contribution in [0.1, 0.15) is 30.6 Å². The molecule has 1 atom stereocenters. The van der Waals surface area contributed by atoms with E-state index in [1.54, 1.807) is 6.07 Å². The maximum Gasteiger partial charge on any atom is 0.340 e. The Labute approximate surface area is 107 Å². The number of esters is 1. The Bertz CT molecular complexity index is 431. The Morgan fingerprint density at radius 3 is 2.33 bits per heavy atom. The Kier molecular flexibility index (Phi) is 4.83. The van der Waals surface area contributed by atoms with Crippen molar-refractivity contribution in [3.05, 3.63) is 17.7 Å². The fraction of sp³-hybridized carbons (Fsp3) is 0.462. The minimum absolute atomic E-state index is 0.148. The van der Waals surface area contributed by atoms with Gasteiger partial charge in [-0.3, -0.25) is 0 Å². The molecule has 0 radical (unpaired) electrons. The van der Waals surface area contributed by atoms with Crippen LogP contribution in [0.25, 0.3) is 0 Å². The molecule has 0 aromatic heterocycles. The van der Waals surface area contributed by atoms with Gasteiger partial charge in [0, 0.05) is 12.1 Å². The normalized spacial score (nSPS) is 11.8. The predicted octanol–water partition coefficient (Wildman–Crippen LogP) is 2.24. The van der Waals surface area contributed by atoms with E-state index in [1.165, 1.54) is 20.3 Å². The number of nitrogen functional groups attached to an aromatic ring is 1. The molecular weight excluding hydrogens is 234 g/mol. The molecule has 18 heavy (non-hydrogen) atoms. The quantitative estimate of drug-likeness (QED) is 0.643. The van der Waals surface area contributed by atoms with E-state index in [-0.39, 0.29) is 11.7 Å². The van der Waals surface area contributed by atoms with Crippen molar-refractivity contribution in [1.82, 2.24) is 0 Å². The van der Waals surface area contributed by atoms with Crippen LogP contribution >= 0.6 is 0 Å². The third-order valence-corrected chi connectivity index (χ3v) is 2.66. The van der Waals surface area contributed by atoms with Gasteiger partial charge in [-0.1, -0.05) is 6.92 Å². The van der Waals surface area contributed by atoms with Crippen LogP contribution in [0.4, 0.5) is 5.69 Å². The smallest absolute Gasteiger partial charge is 0.340 e. The molecule has 2 N–H and O–H groups in total. The minimum atomic E-state index is -0.456. The highest BCUT2D eigenvalue weighted by Crippen LogP contribution is 2.32. The molecular formula is C13H19NO4. The molecule has 0 saturated carbocycles. The molecule has 0 aliphatic carbocycles. The summed E-state index contributed by atoms with van der Waals surface area (Å²) in [7, 11) is 3.01. The van der Waals surface area contributed by atoms with Gasteiger partial charge in [0.1, 0.15) is 0 Å². The molecule has 100 valence electrons. The van der Waals surface area contributed by atoms with Crippen molar-refractivity contribution in [3.8, 4) is 11.5 Å². The van der Waals surface area contributed by atoms with E-state index in [0.717, 1.165) is 6.42 Å². The number of methoxy groups -OCH3 is 2. The highest BCUT2D eigenvalue weighted by atomic mass is 16.5.